The molecule has 142 valence electrons. The predicted molar refractivity (Wildman–Crippen MR) is 109 cm³/mol. The molecule has 1 N–H and O–H groups in total. The van der Waals surface area contributed by atoms with Crippen LogP contribution in [0.2, 0.25) is 0 Å². The summed E-state index contributed by atoms with van der Waals surface area (Å²) in [5.41, 5.74) is 2.71. The molecule has 8 heteroatoms. The maximum Gasteiger partial charge on any atom is 0.266 e. The van der Waals surface area contributed by atoms with Crippen LogP contribution in [0.5, 0.6) is 0 Å². The molecule has 0 bridgehead atoms. The van der Waals surface area contributed by atoms with Gasteiger partial charge in [0.15, 0.2) is 0 Å². The van der Waals surface area contributed by atoms with E-state index in [1.807, 2.05) is 32.0 Å². The minimum atomic E-state index is -0.278. The number of rotatable bonds is 3. The summed E-state index contributed by atoms with van der Waals surface area (Å²) >= 11 is 1.21. The smallest absolute Gasteiger partial charge is 0.266 e. The zero-order valence-electron chi connectivity index (χ0n) is 15.9. The lowest BCUT2D eigenvalue weighted by molar-refractivity contribution is 0.103. The molecule has 7 nitrogen and oxygen atoms in total. The van der Waals surface area contributed by atoms with Crippen LogP contribution in [0.15, 0.2) is 39.8 Å². The minimum absolute atomic E-state index is 0.158. The van der Waals surface area contributed by atoms with Gasteiger partial charge in [-0.05, 0) is 44.5 Å². The van der Waals surface area contributed by atoms with Crippen LogP contribution in [0, 0.1) is 20.8 Å². The molecule has 1 aromatic carbocycles. The van der Waals surface area contributed by atoms with Gasteiger partial charge in [0, 0.05) is 18.3 Å². The Labute approximate surface area is 164 Å². The molecule has 0 aliphatic carbocycles. The predicted octanol–water partition coefficient (Wildman–Crippen LogP) is 3.83. The third-order valence-electron chi connectivity index (χ3n) is 4.61. The normalized spacial score (nSPS) is 11.1. The molecule has 0 fully saturated rings. The number of benzene rings is 1. The zero-order chi connectivity index (χ0) is 20.0. The second kappa shape index (κ2) is 6.72. The number of hydrogen-bond donors (Lipinski definition) is 1. The molecule has 3 aromatic heterocycles. The number of thiophene rings is 1. The van der Waals surface area contributed by atoms with Crippen LogP contribution in [-0.2, 0) is 7.05 Å². The van der Waals surface area contributed by atoms with Crippen molar-refractivity contribution < 1.29 is 9.21 Å². The quantitative estimate of drug-likeness (QED) is 0.570. The van der Waals surface area contributed by atoms with E-state index in [2.05, 4.69) is 15.3 Å². The summed E-state index contributed by atoms with van der Waals surface area (Å²) in [4.78, 5) is 34.9. The number of nitrogens with zero attached hydrogens (tertiary/aromatic N) is 3. The lowest BCUT2D eigenvalue weighted by Gasteiger charge is -2.06. The fraction of sp³-hybridized carbons (Fsp3) is 0.200. The zero-order valence-corrected chi connectivity index (χ0v) is 16.7. The van der Waals surface area contributed by atoms with Crippen molar-refractivity contribution in [1.29, 1.82) is 0 Å². The van der Waals surface area contributed by atoms with E-state index in [1.54, 1.807) is 20.0 Å². The van der Waals surface area contributed by atoms with Crippen LogP contribution in [-0.4, -0.2) is 20.4 Å². The summed E-state index contributed by atoms with van der Waals surface area (Å²) in [5.74, 6) is 0.996. The second-order valence-electron chi connectivity index (χ2n) is 6.59. The highest BCUT2D eigenvalue weighted by Crippen LogP contribution is 2.28. The van der Waals surface area contributed by atoms with Crippen LogP contribution >= 0.6 is 11.3 Å². The highest BCUT2D eigenvalue weighted by atomic mass is 32.1. The first-order valence-corrected chi connectivity index (χ1v) is 9.47. The van der Waals surface area contributed by atoms with Gasteiger partial charge in [-0.15, -0.1) is 11.3 Å². The maximum atomic E-state index is 12.8. The van der Waals surface area contributed by atoms with Crippen molar-refractivity contribution in [3.05, 3.63) is 62.8 Å². The van der Waals surface area contributed by atoms with Gasteiger partial charge in [-0.1, -0.05) is 6.07 Å². The Balaban J connectivity index is 1.67. The Bertz CT molecular complexity index is 1260. The molecule has 0 radical (unpaired) electrons. The number of oxazole rings is 1. The summed E-state index contributed by atoms with van der Waals surface area (Å²) < 4.78 is 7.07. The number of amides is 1. The lowest BCUT2D eigenvalue weighted by atomic mass is 10.2. The largest absolute Gasteiger partial charge is 0.441 e. The highest BCUT2D eigenvalue weighted by Gasteiger charge is 2.19. The molecule has 0 saturated heterocycles. The SMILES string of the molecule is Cc1nc(-c2cccc(NC(=O)c3sc4ncn(C)c(=O)c4c3C)c2)oc1C. The van der Waals surface area contributed by atoms with E-state index < -0.39 is 0 Å². The van der Waals surface area contributed by atoms with Crippen molar-refractivity contribution >= 4 is 33.1 Å². The number of aromatic nitrogens is 3. The van der Waals surface area contributed by atoms with Gasteiger partial charge in [-0.3, -0.25) is 9.59 Å². The molecule has 4 aromatic rings. The first-order chi connectivity index (χ1) is 13.3. The molecule has 0 saturated carbocycles. The van der Waals surface area contributed by atoms with E-state index in [0.29, 0.717) is 32.2 Å². The van der Waals surface area contributed by atoms with Crippen LogP contribution in [0.25, 0.3) is 21.7 Å². The Hall–Kier alpha value is -3.26. The fourth-order valence-corrected chi connectivity index (χ4v) is 3.97. The van der Waals surface area contributed by atoms with Gasteiger partial charge in [0.2, 0.25) is 5.89 Å². The van der Waals surface area contributed by atoms with Crippen molar-refractivity contribution in [3.63, 3.8) is 0 Å². The van der Waals surface area contributed by atoms with Crippen molar-refractivity contribution in [2.45, 2.75) is 20.8 Å². The Kier molecular flexibility index (Phi) is 4.35. The Morgan fingerprint density at radius 2 is 2.04 bits per heavy atom. The summed E-state index contributed by atoms with van der Waals surface area (Å²) in [5, 5.41) is 3.38. The number of carbonyl (C=O) groups is 1. The standard InChI is InChI=1S/C20H18N4O3S/c1-10-15-19(21-9-24(4)20(15)26)28-16(10)17(25)23-14-7-5-6-13(8-14)18-22-11(2)12(3)27-18/h5-9H,1-4H3,(H,23,25). The third kappa shape index (κ3) is 3.01. The summed E-state index contributed by atoms with van der Waals surface area (Å²) in [6.45, 7) is 5.52. The van der Waals surface area contributed by atoms with Gasteiger partial charge in [0.1, 0.15) is 10.6 Å². The number of nitrogens with one attached hydrogen (secondary N) is 1. The van der Waals surface area contributed by atoms with Gasteiger partial charge in [-0.2, -0.15) is 0 Å². The van der Waals surface area contributed by atoms with Crippen molar-refractivity contribution in [2.75, 3.05) is 5.32 Å². The van der Waals surface area contributed by atoms with E-state index >= 15 is 0 Å². The molecule has 1 amide bonds. The third-order valence-corrected chi connectivity index (χ3v) is 5.81. The lowest BCUT2D eigenvalue weighted by Crippen LogP contribution is -2.17. The van der Waals surface area contributed by atoms with Crippen molar-refractivity contribution in [1.82, 2.24) is 14.5 Å². The van der Waals surface area contributed by atoms with Crippen LogP contribution in [0.4, 0.5) is 5.69 Å². The van der Waals surface area contributed by atoms with Crippen molar-refractivity contribution in [2.24, 2.45) is 7.05 Å². The van der Waals surface area contributed by atoms with Gasteiger partial charge in [0.05, 0.1) is 22.3 Å². The molecular weight excluding hydrogens is 376 g/mol. The number of hydrogen-bond acceptors (Lipinski definition) is 6. The van der Waals surface area contributed by atoms with Gasteiger partial charge >= 0.3 is 0 Å². The van der Waals surface area contributed by atoms with Crippen molar-refractivity contribution in [3.8, 4) is 11.5 Å². The van der Waals surface area contributed by atoms with E-state index in [-0.39, 0.29) is 11.5 Å². The maximum absolute atomic E-state index is 12.8. The van der Waals surface area contributed by atoms with Crippen LogP contribution < -0.4 is 10.9 Å². The molecule has 3 heterocycles. The summed E-state index contributed by atoms with van der Waals surface area (Å²) in [7, 11) is 1.64. The monoisotopic (exact) mass is 394 g/mol. The molecule has 0 unspecified atom stereocenters. The van der Waals surface area contributed by atoms with Crippen LogP contribution in [0.1, 0.15) is 26.7 Å². The number of fused-ring (bicyclic) bond motifs is 1. The number of aryl methyl sites for hydroxylation is 4. The molecule has 0 aliphatic heterocycles. The molecule has 4 rings (SSSR count). The average Bonchev–Trinajstić information content (AvgIpc) is 3.18. The van der Waals surface area contributed by atoms with Gasteiger partial charge in [-0.25, -0.2) is 9.97 Å². The molecule has 0 spiro atoms. The van der Waals surface area contributed by atoms with E-state index in [0.717, 1.165) is 17.0 Å². The molecule has 0 atom stereocenters. The van der Waals surface area contributed by atoms with Gasteiger partial charge < -0.3 is 14.3 Å². The van der Waals surface area contributed by atoms with E-state index in [1.165, 1.54) is 22.2 Å². The summed E-state index contributed by atoms with van der Waals surface area (Å²) in [6, 6.07) is 7.31. The Morgan fingerprint density at radius 3 is 2.75 bits per heavy atom. The van der Waals surface area contributed by atoms with E-state index in [9.17, 15) is 9.59 Å². The summed E-state index contributed by atoms with van der Waals surface area (Å²) in [6.07, 6.45) is 1.46. The molecule has 28 heavy (non-hydrogen) atoms. The van der Waals surface area contributed by atoms with Crippen LogP contribution in [0.3, 0.4) is 0 Å². The molecular formula is C20H18N4O3S. The average molecular weight is 394 g/mol. The van der Waals surface area contributed by atoms with E-state index in [4.69, 9.17) is 4.42 Å². The first-order valence-electron chi connectivity index (χ1n) is 8.65. The number of carbonyl (C=O) groups excluding carboxylic acids is 1. The minimum Gasteiger partial charge on any atom is -0.441 e. The van der Waals surface area contributed by atoms with Gasteiger partial charge in [0.25, 0.3) is 11.5 Å². The fourth-order valence-electron chi connectivity index (χ4n) is 2.94. The Morgan fingerprint density at radius 1 is 1.25 bits per heavy atom. The first kappa shape index (κ1) is 18.1. The second-order valence-corrected chi connectivity index (χ2v) is 7.59. The molecule has 0 aliphatic rings. The highest BCUT2D eigenvalue weighted by molar-refractivity contribution is 7.20. The number of anilines is 1. The topological polar surface area (TPSA) is 90.0 Å².